The maximum Gasteiger partial charge on any atom is 0.305 e. The van der Waals surface area contributed by atoms with Crippen molar-refractivity contribution in [1.82, 2.24) is 0 Å². The lowest BCUT2D eigenvalue weighted by Gasteiger charge is -1.95. The average molecular weight is 336 g/mol. The summed E-state index contributed by atoms with van der Waals surface area (Å²) in [6.07, 6.45) is 22.5. The minimum absolute atomic E-state index is 0.0651. The van der Waals surface area contributed by atoms with Crippen LogP contribution in [0.1, 0.15) is 71.1 Å². The third kappa shape index (κ3) is 16.7. The fourth-order valence-electron chi connectivity index (χ4n) is 2.06. The number of unbranched alkanes of at least 4 members (excludes halogenated alkanes) is 4. The van der Waals surface area contributed by atoms with E-state index in [9.17, 15) is 9.18 Å². The maximum absolute atomic E-state index is 13.5. The first-order valence-corrected chi connectivity index (χ1v) is 9.07. The van der Waals surface area contributed by atoms with E-state index in [0.29, 0.717) is 19.3 Å². The molecule has 0 aliphatic heterocycles. The van der Waals surface area contributed by atoms with E-state index < -0.39 is 0 Å². The van der Waals surface area contributed by atoms with Crippen LogP contribution < -0.4 is 0 Å². The Kier molecular flexibility index (Phi) is 16.5. The molecule has 0 N–H and O–H groups in total. The van der Waals surface area contributed by atoms with Gasteiger partial charge in [-0.25, -0.2) is 4.39 Å². The second-order valence-electron chi connectivity index (χ2n) is 5.70. The van der Waals surface area contributed by atoms with Gasteiger partial charge in [-0.1, -0.05) is 56.2 Å². The van der Waals surface area contributed by atoms with Gasteiger partial charge in [0.1, 0.15) is 5.83 Å². The smallest absolute Gasteiger partial charge is 0.305 e. The molecule has 0 unspecified atom stereocenters. The first-order valence-electron chi connectivity index (χ1n) is 9.07. The first-order chi connectivity index (χ1) is 11.7. The zero-order chi connectivity index (χ0) is 17.9. The van der Waals surface area contributed by atoms with Gasteiger partial charge in [-0.15, -0.1) is 0 Å². The molecule has 0 aliphatic carbocycles. The van der Waals surface area contributed by atoms with Gasteiger partial charge in [0.2, 0.25) is 0 Å². The quantitative estimate of drug-likeness (QED) is 0.203. The molecule has 0 aliphatic rings. The van der Waals surface area contributed by atoms with Crippen LogP contribution in [0.15, 0.2) is 48.4 Å². The van der Waals surface area contributed by atoms with E-state index in [4.69, 9.17) is 0 Å². The molecule has 0 spiro atoms. The van der Waals surface area contributed by atoms with E-state index in [0.717, 1.165) is 25.7 Å². The largest absolute Gasteiger partial charge is 0.469 e. The number of hydrogen-bond acceptors (Lipinski definition) is 2. The SMILES string of the molecule is CCCCCC=CCC(F)=CCC=CCC=CCCCC(=O)OC. The number of esters is 1. The zero-order valence-corrected chi connectivity index (χ0v) is 15.3. The molecule has 0 rings (SSSR count). The van der Waals surface area contributed by atoms with Crippen molar-refractivity contribution in [2.45, 2.75) is 71.1 Å². The molecule has 0 fully saturated rings. The number of halogens is 1. The Bertz CT molecular complexity index is 420. The molecule has 136 valence electrons. The molecule has 3 heteroatoms. The second-order valence-corrected chi connectivity index (χ2v) is 5.70. The summed E-state index contributed by atoms with van der Waals surface area (Å²) < 4.78 is 18.1. The monoisotopic (exact) mass is 336 g/mol. The Morgan fingerprint density at radius 3 is 2.33 bits per heavy atom. The van der Waals surface area contributed by atoms with Crippen molar-refractivity contribution in [3.63, 3.8) is 0 Å². The van der Waals surface area contributed by atoms with Crippen LogP contribution >= 0.6 is 0 Å². The summed E-state index contributed by atoms with van der Waals surface area (Å²) >= 11 is 0. The predicted octanol–water partition coefficient (Wildman–Crippen LogP) is 6.60. The van der Waals surface area contributed by atoms with Crippen LogP contribution in [0.25, 0.3) is 0 Å². The first kappa shape index (κ1) is 22.4. The Balaban J connectivity index is 3.63. The van der Waals surface area contributed by atoms with Crippen LogP contribution in [0.3, 0.4) is 0 Å². The number of hydrogen-bond donors (Lipinski definition) is 0. The van der Waals surface area contributed by atoms with E-state index in [1.54, 1.807) is 6.08 Å². The van der Waals surface area contributed by atoms with Crippen LogP contribution in [0.5, 0.6) is 0 Å². The number of rotatable bonds is 14. The van der Waals surface area contributed by atoms with Gasteiger partial charge >= 0.3 is 5.97 Å². The van der Waals surface area contributed by atoms with Crippen LogP contribution in [0.2, 0.25) is 0 Å². The predicted molar refractivity (Wildman–Crippen MR) is 100 cm³/mol. The number of methoxy groups -OCH3 is 1. The topological polar surface area (TPSA) is 26.3 Å². The molecule has 0 amide bonds. The summed E-state index contributed by atoms with van der Waals surface area (Å²) in [6, 6.07) is 0. The molecule has 0 aromatic heterocycles. The van der Waals surface area contributed by atoms with E-state index in [2.05, 4.69) is 29.9 Å². The summed E-state index contributed by atoms with van der Waals surface area (Å²) in [6.45, 7) is 2.18. The van der Waals surface area contributed by atoms with Crippen LogP contribution in [0, 0.1) is 0 Å². The lowest BCUT2D eigenvalue weighted by atomic mass is 10.2. The highest BCUT2D eigenvalue weighted by molar-refractivity contribution is 5.69. The summed E-state index contributed by atoms with van der Waals surface area (Å²) in [5, 5.41) is 0. The number of carbonyl (C=O) groups excluding carboxylic acids is 1. The number of allylic oxidation sites excluding steroid dienone is 8. The van der Waals surface area contributed by atoms with Gasteiger partial charge in [0.05, 0.1) is 7.11 Å². The molecular formula is C21H33FO2. The highest BCUT2D eigenvalue weighted by Gasteiger charge is 1.96. The summed E-state index contributed by atoms with van der Waals surface area (Å²) in [7, 11) is 1.41. The zero-order valence-electron chi connectivity index (χ0n) is 15.3. The second kappa shape index (κ2) is 17.7. The van der Waals surface area contributed by atoms with Gasteiger partial charge in [-0.3, -0.25) is 4.79 Å². The highest BCUT2D eigenvalue weighted by Crippen LogP contribution is 2.08. The van der Waals surface area contributed by atoms with Gasteiger partial charge in [-0.05, 0) is 44.6 Å². The van der Waals surface area contributed by atoms with E-state index in [-0.39, 0.29) is 11.8 Å². The van der Waals surface area contributed by atoms with Gasteiger partial charge in [0.25, 0.3) is 0 Å². The maximum atomic E-state index is 13.5. The fraction of sp³-hybridized carbons (Fsp3) is 0.571. The normalized spacial score (nSPS) is 12.7. The highest BCUT2D eigenvalue weighted by atomic mass is 19.1. The summed E-state index contributed by atoms with van der Waals surface area (Å²) in [5.74, 6) is -0.224. The van der Waals surface area contributed by atoms with E-state index in [1.165, 1.54) is 26.4 Å². The average Bonchev–Trinajstić information content (AvgIpc) is 2.59. The molecule has 0 heterocycles. The summed E-state index contributed by atoms with van der Waals surface area (Å²) in [5.41, 5.74) is 0. The molecule has 0 bridgehead atoms. The number of ether oxygens (including phenoxy) is 1. The molecule has 0 atom stereocenters. The number of carbonyl (C=O) groups is 1. The van der Waals surface area contributed by atoms with Gasteiger partial charge in [0.15, 0.2) is 0 Å². The lowest BCUT2D eigenvalue weighted by molar-refractivity contribution is -0.140. The standard InChI is InChI=1S/C21H33FO2/c1-3-4-5-6-11-14-17-20(22)18-15-12-9-7-8-10-13-16-19-21(23)24-2/h8-12,14,18H,3-7,13,15-17,19H2,1-2H3. The van der Waals surface area contributed by atoms with Gasteiger partial charge in [0, 0.05) is 12.8 Å². The van der Waals surface area contributed by atoms with Gasteiger partial charge < -0.3 is 4.74 Å². The molecule has 24 heavy (non-hydrogen) atoms. The molecule has 2 nitrogen and oxygen atoms in total. The lowest BCUT2D eigenvalue weighted by Crippen LogP contribution is -1.98. The Morgan fingerprint density at radius 1 is 0.917 bits per heavy atom. The van der Waals surface area contributed by atoms with E-state index >= 15 is 0 Å². The van der Waals surface area contributed by atoms with Crippen LogP contribution in [0.4, 0.5) is 4.39 Å². The van der Waals surface area contributed by atoms with Gasteiger partial charge in [-0.2, -0.15) is 0 Å². The Hall–Kier alpha value is -1.64. The third-order valence-electron chi connectivity index (χ3n) is 3.51. The molecule has 0 saturated heterocycles. The van der Waals surface area contributed by atoms with E-state index in [1.807, 2.05) is 18.2 Å². The molecule has 0 aromatic rings. The minimum Gasteiger partial charge on any atom is -0.469 e. The van der Waals surface area contributed by atoms with Crippen molar-refractivity contribution < 1.29 is 13.9 Å². The van der Waals surface area contributed by atoms with Crippen molar-refractivity contribution >= 4 is 5.97 Å². The fourth-order valence-corrected chi connectivity index (χ4v) is 2.06. The molecule has 0 aromatic carbocycles. The van der Waals surface area contributed by atoms with Crippen molar-refractivity contribution in [3.05, 3.63) is 48.4 Å². The molecule has 0 saturated carbocycles. The molecular weight excluding hydrogens is 303 g/mol. The third-order valence-corrected chi connectivity index (χ3v) is 3.51. The van der Waals surface area contributed by atoms with Crippen LogP contribution in [-0.4, -0.2) is 13.1 Å². The minimum atomic E-state index is -0.159. The van der Waals surface area contributed by atoms with Crippen molar-refractivity contribution in [1.29, 1.82) is 0 Å². The van der Waals surface area contributed by atoms with Crippen molar-refractivity contribution in [3.8, 4) is 0 Å². The molecule has 0 radical (unpaired) electrons. The van der Waals surface area contributed by atoms with Crippen LogP contribution in [-0.2, 0) is 9.53 Å². The van der Waals surface area contributed by atoms with Crippen molar-refractivity contribution in [2.24, 2.45) is 0 Å². The Labute approximate surface area is 147 Å². The van der Waals surface area contributed by atoms with Crippen molar-refractivity contribution in [2.75, 3.05) is 7.11 Å². The Morgan fingerprint density at radius 2 is 1.58 bits per heavy atom. The summed E-state index contributed by atoms with van der Waals surface area (Å²) in [4.78, 5) is 10.9.